The first-order valence-electron chi connectivity index (χ1n) is 6.68. The van der Waals surface area contributed by atoms with E-state index < -0.39 is 0 Å². The van der Waals surface area contributed by atoms with E-state index in [9.17, 15) is 0 Å². The predicted octanol–water partition coefficient (Wildman–Crippen LogP) is 2.23. The molecule has 2 nitrogen and oxygen atoms in total. The molecule has 3 unspecified atom stereocenters. The van der Waals surface area contributed by atoms with Crippen LogP contribution in [0.2, 0.25) is 0 Å². The summed E-state index contributed by atoms with van der Waals surface area (Å²) in [6, 6.07) is 1.18. The van der Waals surface area contributed by atoms with Crippen molar-refractivity contribution < 1.29 is 0 Å². The van der Waals surface area contributed by atoms with Crippen LogP contribution in [0.25, 0.3) is 0 Å². The largest absolute Gasteiger partial charge is 0.326 e. The summed E-state index contributed by atoms with van der Waals surface area (Å²) in [5.74, 6) is 1.63. The lowest BCUT2D eigenvalue weighted by Crippen LogP contribution is -2.39. The first kappa shape index (κ1) is 11.4. The Labute approximate surface area is 94.2 Å². The fourth-order valence-corrected chi connectivity index (χ4v) is 3.28. The molecule has 0 radical (unpaired) electrons. The van der Waals surface area contributed by atoms with E-state index in [1.165, 1.54) is 38.6 Å². The van der Waals surface area contributed by atoms with E-state index in [1.54, 1.807) is 0 Å². The summed E-state index contributed by atoms with van der Waals surface area (Å²) >= 11 is 0. The summed E-state index contributed by atoms with van der Waals surface area (Å²) in [6.45, 7) is 7.05. The smallest absolute Gasteiger partial charge is 0.0206 e. The summed E-state index contributed by atoms with van der Waals surface area (Å²) in [5.41, 5.74) is 6.09. The minimum atomic E-state index is 0.413. The maximum atomic E-state index is 6.09. The van der Waals surface area contributed by atoms with Crippen molar-refractivity contribution in [3.05, 3.63) is 0 Å². The Kier molecular flexibility index (Phi) is 3.68. The first-order valence-corrected chi connectivity index (χ1v) is 6.68. The van der Waals surface area contributed by atoms with Gasteiger partial charge in [0.25, 0.3) is 0 Å². The van der Waals surface area contributed by atoms with Crippen molar-refractivity contribution in [2.24, 2.45) is 17.6 Å². The van der Waals surface area contributed by atoms with Gasteiger partial charge in [-0.15, -0.1) is 0 Å². The van der Waals surface area contributed by atoms with E-state index in [-0.39, 0.29) is 0 Å². The second kappa shape index (κ2) is 4.84. The van der Waals surface area contributed by atoms with Crippen LogP contribution in [0.1, 0.15) is 46.0 Å². The van der Waals surface area contributed by atoms with Gasteiger partial charge in [0, 0.05) is 25.2 Å². The Bertz CT molecular complexity index is 189. The van der Waals surface area contributed by atoms with Crippen LogP contribution in [-0.2, 0) is 0 Å². The third-order valence-electron chi connectivity index (χ3n) is 4.61. The third-order valence-corrected chi connectivity index (χ3v) is 4.61. The van der Waals surface area contributed by atoms with Crippen molar-refractivity contribution in [3.8, 4) is 0 Å². The molecule has 1 saturated heterocycles. The molecule has 2 aliphatic rings. The number of hydrogen-bond acceptors (Lipinski definition) is 2. The molecule has 1 aliphatic carbocycles. The van der Waals surface area contributed by atoms with Crippen molar-refractivity contribution in [2.45, 2.75) is 58.0 Å². The van der Waals surface area contributed by atoms with Crippen molar-refractivity contribution >= 4 is 0 Å². The second-order valence-corrected chi connectivity index (χ2v) is 5.73. The van der Waals surface area contributed by atoms with Crippen LogP contribution in [0, 0.1) is 11.8 Å². The van der Waals surface area contributed by atoms with Gasteiger partial charge in [-0.05, 0) is 31.6 Å². The molecule has 2 heteroatoms. The van der Waals surface area contributed by atoms with Crippen molar-refractivity contribution in [1.82, 2.24) is 4.90 Å². The average molecular weight is 210 g/mol. The predicted molar refractivity (Wildman–Crippen MR) is 64.7 cm³/mol. The minimum absolute atomic E-state index is 0.413. The van der Waals surface area contributed by atoms with Gasteiger partial charge in [0.15, 0.2) is 0 Å². The summed E-state index contributed by atoms with van der Waals surface area (Å²) in [4.78, 5) is 2.63. The molecule has 2 fully saturated rings. The van der Waals surface area contributed by atoms with Crippen molar-refractivity contribution in [1.29, 1.82) is 0 Å². The van der Waals surface area contributed by atoms with Gasteiger partial charge in [-0.3, -0.25) is 4.90 Å². The van der Waals surface area contributed by atoms with Crippen LogP contribution in [0.15, 0.2) is 0 Å². The SMILES string of the molecule is CC1CN(C(C)C2CCCCC2)CC1N. The molecule has 0 spiro atoms. The van der Waals surface area contributed by atoms with Gasteiger partial charge in [-0.2, -0.15) is 0 Å². The highest BCUT2D eigenvalue weighted by Crippen LogP contribution is 2.31. The van der Waals surface area contributed by atoms with Crippen molar-refractivity contribution in [2.75, 3.05) is 13.1 Å². The Morgan fingerprint density at radius 2 is 1.80 bits per heavy atom. The summed E-state index contributed by atoms with van der Waals surface area (Å²) in [6.07, 6.45) is 7.25. The molecular weight excluding hydrogens is 184 g/mol. The van der Waals surface area contributed by atoms with Crippen LogP contribution in [-0.4, -0.2) is 30.1 Å². The second-order valence-electron chi connectivity index (χ2n) is 5.73. The van der Waals surface area contributed by atoms with E-state index in [1.807, 2.05) is 0 Å². The standard InChI is InChI=1S/C13H26N2/c1-10-8-15(9-13(10)14)11(2)12-6-4-3-5-7-12/h10-13H,3-9,14H2,1-2H3. The highest BCUT2D eigenvalue weighted by atomic mass is 15.2. The lowest BCUT2D eigenvalue weighted by Gasteiger charge is -2.34. The fourth-order valence-electron chi connectivity index (χ4n) is 3.28. The number of nitrogens with two attached hydrogens (primary N) is 1. The Hall–Kier alpha value is -0.0800. The zero-order valence-corrected chi connectivity index (χ0v) is 10.3. The van der Waals surface area contributed by atoms with Gasteiger partial charge in [0.05, 0.1) is 0 Å². The summed E-state index contributed by atoms with van der Waals surface area (Å²) < 4.78 is 0. The Morgan fingerprint density at radius 1 is 1.13 bits per heavy atom. The molecule has 2 N–H and O–H groups in total. The van der Waals surface area contributed by atoms with Gasteiger partial charge in [-0.1, -0.05) is 26.2 Å². The van der Waals surface area contributed by atoms with E-state index in [4.69, 9.17) is 5.73 Å². The molecule has 0 aromatic rings. The average Bonchev–Trinajstić information content (AvgIpc) is 2.59. The molecule has 0 aromatic heterocycles. The Morgan fingerprint density at radius 3 is 2.33 bits per heavy atom. The van der Waals surface area contributed by atoms with E-state index in [0.29, 0.717) is 12.0 Å². The van der Waals surface area contributed by atoms with E-state index in [2.05, 4.69) is 18.7 Å². The van der Waals surface area contributed by atoms with Gasteiger partial charge in [-0.25, -0.2) is 0 Å². The van der Waals surface area contributed by atoms with Crippen LogP contribution in [0.3, 0.4) is 0 Å². The Balaban J connectivity index is 1.87. The van der Waals surface area contributed by atoms with Gasteiger partial charge < -0.3 is 5.73 Å². The zero-order chi connectivity index (χ0) is 10.8. The topological polar surface area (TPSA) is 29.3 Å². The summed E-state index contributed by atoms with van der Waals surface area (Å²) in [5, 5.41) is 0. The number of likely N-dealkylation sites (tertiary alicyclic amines) is 1. The molecule has 1 heterocycles. The van der Waals surface area contributed by atoms with Crippen molar-refractivity contribution in [3.63, 3.8) is 0 Å². The molecule has 2 rings (SSSR count). The van der Waals surface area contributed by atoms with E-state index in [0.717, 1.165) is 18.5 Å². The number of nitrogens with zero attached hydrogens (tertiary/aromatic N) is 1. The number of rotatable bonds is 2. The van der Waals surface area contributed by atoms with Crippen LogP contribution in [0.5, 0.6) is 0 Å². The van der Waals surface area contributed by atoms with Gasteiger partial charge in [0.2, 0.25) is 0 Å². The number of hydrogen-bond donors (Lipinski definition) is 1. The zero-order valence-electron chi connectivity index (χ0n) is 10.3. The van der Waals surface area contributed by atoms with Gasteiger partial charge >= 0.3 is 0 Å². The quantitative estimate of drug-likeness (QED) is 0.757. The molecule has 1 saturated carbocycles. The normalized spacial score (nSPS) is 37.0. The van der Waals surface area contributed by atoms with Gasteiger partial charge in [0.1, 0.15) is 0 Å². The first-order chi connectivity index (χ1) is 7.18. The van der Waals surface area contributed by atoms with Crippen LogP contribution >= 0.6 is 0 Å². The molecule has 15 heavy (non-hydrogen) atoms. The third kappa shape index (κ3) is 2.54. The lowest BCUT2D eigenvalue weighted by atomic mass is 9.84. The molecule has 0 amide bonds. The summed E-state index contributed by atoms with van der Waals surface area (Å²) in [7, 11) is 0. The lowest BCUT2D eigenvalue weighted by molar-refractivity contribution is 0.152. The monoisotopic (exact) mass is 210 g/mol. The highest BCUT2D eigenvalue weighted by Gasteiger charge is 2.33. The van der Waals surface area contributed by atoms with Crippen LogP contribution < -0.4 is 5.73 Å². The molecular formula is C13H26N2. The molecule has 0 bridgehead atoms. The maximum absolute atomic E-state index is 6.09. The minimum Gasteiger partial charge on any atom is -0.326 e. The molecule has 3 atom stereocenters. The molecule has 1 aliphatic heterocycles. The molecule has 88 valence electrons. The molecule has 0 aromatic carbocycles. The maximum Gasteiger partial charge on any atom is 0.0206 e. The highest BCUT2D eigenvalue weighted by molar-refractivity contribution is 4.89. The van der Waals surface area contributed by atoms with Crippen LogP contribution in [0.4, 0.5) is 0 Å². The fraction of sp³-hybridized carbons (Fsp3) is 1.00. The van der Waals surface area contributed by atoms with E-state index >= 15 is 0 Å².